The van der Waals surface area contributed by atoms with Crippen LogP contribution in [0.1, 0.15) is 12.8 Å². The number of fused-ring (bicyclic) bond motifs is 1. The molecule has 1 aromatic carbocycles. The lowest BCUT2D eigenvalue weighted by Gasteiger charge is -2.14. The Hall–Kier alpha value is -0.330. The van der Waals surface area contributed by atoms with Crippen molar-refractivity contribution in [1.82, 2.24) is 14.7 Å². The second kappa shape index (κ2) is 5.35. The molecule has 3 rings (SSSR count). The first-order valence-electron chi connectivity index (χ1n) is 6.28. The molecule has 1 saturated heterocycles. The van der Waals surface area contributed by atoms with E-state index >= 15 is 0 Å². The highest BCUT2D eigenvalue weighted by Crippen LogP contribution is 2.24. The van der Waals surface area contributed by atoms with Crippen LogP contribution in [0.15, 0.2) is 18.2 Å². The Morgan fingerprint density at radius 3 is 2.78 bits per heavy atom. The Bertz CT molecular complexity index is 561. The quantitative estimate of drug-likeness (QED) is 0.767. The summed E-state index contributed by atoms with van der Waals surface area (Å²) in [6, 6.07) is 6.00. The minimum atomic E-state index is 0.777. The molecular formula is C13H15ClIN3. The molecule has 96 valence electrons. The van der Waals surface area contributed by atoms with Crippen molar-refractivity contribution in [3.63, 3.8) is 0 Å². The van der Waals surface area contributed by atoms with Crippen LogP contribution in [-0.2, 0) is 6.54 Å². The molecule has 0 N–H and O–H groups in total. The van der Waals surface area contributed by atoms with Crippen molar-refractivity contribution in [3.05, 3.63) is 26.9 Å². The third-order valence-corrected chi connectivity index (χ3v) is 4.53. The van der Waals surface area contributed by atoms with Crippen LogP contribution in [0.3, 0.4) is 0 Å². The van der Waals surface area contributed by atoms with Gasteiger partial charge in [-0.2, -0.15) is 5.10 Å². The van der Waals surface area contributed by atoms with Crippen LogP contribution in [0.2, 0.25) is 5.02 Å². The Morgan fingerprint density at radius 1 is 1.22 bits per heavy atom. The van der Waals surface area contributed by atoms with E-state index in [0.717, 1.165) is 27.2 Å². The van der Waals surface area contributed by atoms with Crippen LogP contribution in [0.25, 0.3) is 10.9 Å². The third-order valence-electron chi connectivity index (χ3n) is 3.49. The monoisotopic (exact) mass is 375 g/mol. The first-order chi connectivity index (χ1) is 8.74. The Kier molecular flexibility index (Phi) is 3.77. The summed E-state index contributed by atoms with van der Waals surface area (Å²) < 4.78 is 3.14. The van der Waals surface area contributed by atoms with E-state index in [4.69, 9.17) is 11.6 Å². The van der Waals surface area contributed by atoms with E-state index in [1.54, 1.807) is 0 Å². The predicted molar refractivity (Wildman–Crippen MR) is 83.1 cm³/mol. The number of halogens is 2. The fourth-order valence-electron chi connectivity index (χ4n) is 2.53. The van der Waals surface area contributed by atoms with Crippen LogP contribution < -0.4 is 0 Å². The summed E-state index contributed by atoms with van der Waals surface area (Å²) in [5, 5.41) is 6.54. The molecule has 1 aromatic heterocycles. The molecule has 0 spiro atoms. The minimum Gasteiger partial charge on any atom is -0.301 e. The van der Waals surface area contributed by atoms with E-state index in [9.17, 15) is 0 Å². The molecular weight excluding hydrogens is 361 g/mol. The molecule has 0 atom stereocenters. The molecule has 1 fully saturated rings. The standard InChI is InChI=1S/C13H15ClIN3/c14-10-3-4-12-11(9-10)13(15)16-18(12)8-7-17-5-1-2-6-17/h3-4,9H,1-2,5-8H2. The molecule has 0 bridgehead atoms. The van der Waals surface area contributed by atoms with E-state index in [1.807, 2.05) is 12.1 Å². The van der Waals surface area contributed by atoms with Gasteiger partial charge in [0.1, 0.15) is 3.70 Å². The van der Waals surface area contributed by atoms with Crippen LogP contribution in [0, 0.1) is 3.70 Å². The summed E-state index contributed by atoms with van der Waals surface area (Å²) in [7, 11) is 0. The highest BCUT2D eigenvalue weighted by Gasteiger charge is 2.13. The van der Waals surface area contributed by atoms with Gasteiger partial charge < -0.3 is 4.90 Å². The topological polar surface area (TPSA) is 21.1 Å². The van der Waals surface area contributed by atoms with Gasteiger partial charge in [-0.25, -0.2) is 0 Å². The minimum absolute atomic E-state index is 0.777. The number of aromatic nitrogens is 2. The van der Waals surface area contributed by atoms with Gasteiger partial charge >= 0.3 is 0 Å². The van der Waals surface area contributed by atoms with Crippen molar-refractivity contribution >= 4 is 45.1 Å². The zero-order valence-electron chi connectivity index (χ0n) is 10.1. The molecule has 0 unspecified atom stereocenters. The zero-order valence-corrected chi connectivity index (χ0v) is 13.0. The average molecular weight is 376 g/mol. The summed E-state index contributed by atoms with van der Waals surface area (Å²) in [5.74, 6) is 0. The molecule has 0 saturated carbocycles. The summed E-state index contributed by atoms with van der Waals surface area (Å²) >= 11 is 8.31. The number of hydrogen-bond acceptors (Lipinski definition) is 2. The van der Waals surface area contributed by atoms with Crippen LogP contribution in [0.4, 0.5) is 0 Å². The van der Waals surface area contributed by atoms with E-state index in [2.05, 4.69) is 43.3 Å². The summed E-state index contributed by atoms with van der Waals surface area (Å²) in [6.45, 7) is 4.53. The van der Waals surface area contributed by atoms with Gasteiger partial charge in [0.2, 0.25) is 0 Å². The van der Waals surface area contributed by atoms with Gasteiger partial charge in [0.15, 0.2) is 0 Å². The molecule has 5 heteroatoms. The summed E-state index contributed by atoms with van der Waals surface area (Å²) in [4.78, 5) is 2.51. The van der Waals surface area contributed by atoms with Gasteiger partial charge in [-0.05, 0) is 66.7 Å². The van der Waals surface area contributed by atoms with E-state index in [1.165, 1.54) is 31.4 Å². The Morgan fingerprint density at radius 2 is 2.00 bits per heavy atom. The van der Waals surface area contributed by atoms with Crippen LogP contribution >= 0.6 is 34.2 Å². The second-order valence-electron chi connectivity index (χ2n) is 4.72. The molecule has 0 radical (unpaired) electrons. The molecule has 2 aromatic rings. The maximum absolute atomic E-state index is 6.03. The molecule has 0 amide bonds. The normalized spacial score (nSPS) is 16.8. The fraction of sp³-hybridized carbons (Fsp3) is 0.462. The zero-order chi connectivity index (χ0) is 12.5. The number of likely N-dealkylation sites (tertiary alicyclic amines) is 1. The molecule has 18 heavy (non-hydrogen) atoms. The molecule has 2 heterocycles. The number of benzene rings is 1. The maximum Gasteiger partial charge on any atom is 0.131 e. The van der Waals surface area contributed by atoms with Gasteiger partial charge in [0.25, 0.3) is 0 Å². The Labute approximate surface area is 125 Å². The molecule has 1 aliphatic heterocycles. The number of rotatable bonds is 3. The van der Waals surface area contributed by atoms with Gasteiger partial charge in [0, 0.05) is 17.0 Å². The predicted octanol–water partition coefficient (Wildman–Crippen LogP) is 3.39. The number of hydrogen-bond donors (Lipinski definition) is 0. The van der Waals surface area contributed by atoms with Crippen molar-refractivity contribution in [2.24, 2.45) is 0 Å². The lowest BCUT2D eigenvalue weighted by atomic mass is 10.2. The fourth-order valence-corrected chi connectivity index (χ4v) is 3.39. The van der Waals surface area contributed by atoms with Crippen molar-refractivity contribution in [3.8, 4) is 0 Å². The van der Waals surface area contributed by atoms with Crippen molar-refractivity contribution in [2.45, 2.75) is 19.4 Å². The van der Waals surface area contributed by atoms with E-state index in [-0.39, 0.29) is 0 Å². The highest BCUT2D eigenvalue weighted by atomic mass is 127. The maximum atomic E-state index is 6.03. The molecule has 0 aliphatic carbocycles. The van der Waals surface area contributed by atoms with E-state index < -0.39 is 0 Å². The number of nitrogens with zero attached hydrogens (tertiary/aromatic N) is 3. The third kappa shape index (κ3) is 2.51. The van der Waals surface area contributed by atoms with Crippen molar-refractivity contribution < 1.29 is 0 Å². The van der Waals surface area contributed by atoms with Gasteiger partial charge in [-0.3, -0.25) is 4.68 Å². The lowest BCUT2D eigenvalue weighted by Crippen LogP contribution is -2.24. The lowest BCUT2D eigenvalue weighted by molar-refractivity contribution is 0.318. The highest BCUT2D eigenvalue weighted by molar-refractivity contribution is 14.1. The average Bonchev–Trinajstić information content (AvgIpc) is 2.96. The first-order valence-corrected chi connectivity index (χ1v) is 7.73. The largest absolute Gasteiger partial charge is 0.301 e. The first kappa shape index (κ1) is 12.7. The SMILES string of the molecule is Clc1ccc2c(c1)c(I)nn2CCN1CCCC1. The van der Waals surface area contributed by atoms with Crippen molar-refractivity contribution in [2.75, 3.05) is 19.6 Å². The van der Waals surface area contributed by atoms with Crippen molar-refractivity contribution in [1.29, 1.82) is 0 Å². The van der Waals surface area contributed by atoms with Crippen LogP contribution in [-0.4, -0.2) is 34.3 Å². The van der Waals surface area contributed by atoms with Gasteiger partial charge in [0.05, 0.1) is 12.1 Å². The summed E-state index contributed by atoms with van der Waals surface area (Å²) in [6.07, 6.45) is 2.68. The second-order valence-corrected chi connectivity index (χ2v) is 6.18. The molecule has 1 aliphatic rings. The smallest absolute Gasteiger partial charge is 0.131 e. The van der Waals surface area contributed by atoms with Gasteiger partial charge in [-0.1, -0.05) is 11.6 Å². The van der Waals surface area contributed by atoms with Crippen LogP contribution in [0.5, 0.6) is 0 Å². The van der Waals surface area contributed by atoms with E-state index in [0.29, 0.717) is 0 Å². The van der Waals surface area contributed by atoms with Gasteiger partial charge in [-0.15, -0.1) is 0 Å². The molecule has 3 nitrogen and oxygen atoms in total. The summed E-state index contributed by atoms with van der Waals surface area (Å²) in [5.41, 5.74) is 1.18. The Balaban J connectivity index is 1.83.